The second kappa shape index (κ2) is 9.87. The van der Waals surface area contributed by atoms with Gasteiger partial charge in [-0.2, -0.15) is 0 Å². The summed E-state index contributed by atoms with van der Waals surface area (Å²) in [6, 6.07) is 21.2. The van der Waals surface area contributed by atoms with Crippen molar-refractivity contribution in [3.05, 3.63) is 117 Å². The zero-order chi connectivity index (χ0) is 27.1. The van der Waals surface area contributed by atoms with E-state index in [9.17, 15) is 18.8 Å². The van der Waals surface area contributed by atoms with Crippen molar-refractivity contribution in [1.29, 1.82) is 0 Å². The van der Waals surface area contributed by atoms with Gasteiger partial charge < -0.3 is 4.57 Å². The van der Waals surface area contributed by atoms with Crippen LogP contribution in [0.2, 0.25) is 0 Å². The van der Waals surface area contributed by atoms with E-state index in [-0.39, 0.29) is 5.57 Å². The monoisotopic (exact) mass is 571 g/mol. The molecule has 6 nitrogen and oxygen atoms in total. The van der Waals surface area contributed by atoms with Crippen LogP contribution in [0.15, 0.2) is 88.9 Å². The predicted molar refractivity (Wildman–Crippen MR) is 149 cm³/mol. The molecule has 0 atom stereocenters. The maximum atomic E-state index is 14.8. The van der Waals surface area contributed by atoms with E-state index in [0.29, 0.717) is 32.8 Å². The maximum Gasteiger partial charge on any atom is 0.343 e. The molecule has 0 N–H and O–H groups in total. The largest absolute Gasteiger partial charge is 0.343 e. The lowest BCUT2D eigenvalue weighted by atomic mass is 10.0. The zero-order valence-corrected chi connectivity index (χ0v) is 22.5. The molecule has 0 unspecified atom stereocenters. The van der Waals surface area contributed by atoms with E-state index >= 15 is 0 Å². The Morgan fingerprint density at radius 3 is 1.97 bits per heavy atom. The Kier molecular flexibility index (Phi) is 6.59. The van der Waals surface area contributed by atoms with E-state index in [1.807, 2.05) is 13.8 Å². The molecule has 3 aromatic carbocycles. The van der Waals surface area contributed by atoms with Crippen LogP contribution in [0.3, 0.4) is 0 Å². The normalized spacial score (nSPS) is 15.1. The van der Waals surface area contributed by atoms with Crippen molar-refractivity contribution in [2.24, 2.45) is 0 Å². The molecule has 1 fully saturated rings. The molecule has 4 amide bonds. The molecule has 4 aromatic rings. The Morgan fingerprint density at radius 2 is 1.37 bits per heavy atom. The number of aromatic nitrogens is 1. The average molecular weight is 572 g/mol. The van der Waals surface area contributed by atoms with Gasteiger partial charge in [0, 0.05) is 15.9 Å². The quantitative estimate of drug-likeness (QED) is 0.198. The molecule has 1 saturated heterocycles. The van der Waals surface area contributed by atoms with Gasteiger partial charge in [0.2, 0.25) is 0 Å². The molecule has 1 aliphatic heterocycles. The number of urea groups is 1. The number of anilines is 2. The first-order chi connectivity index (χ1) is 18.2. The van der Waals surface area contributed by atoms with Crippen LogP contribution in [0.5, 0.6) is 0 Å². The van der Waals surface area contributed by atoms with E-state index in [2.05, 4.69) is 15.9 Å². The van der Waals surface area contributed by atoms with E-state index < -0.39 is 23.7 Å². The van der Waals surface area contributed by atoms with Crippen LogP contribution in [0.4, 0.5) is 20.6 Å². The molecule has 1 aliphatic rings. The third-order valence-corrected chi connectivity index (χ3v) is 6.97. The minimum absolute atomic E-state index is 0.175. The Bertz CT molecular complexity index is 1620. The highest BCUT2D eigenvalue weighted by Gasteiger charge is 2.43. The summed E-state index contributed by atoms with van der Waals surface area (Å²) in [6.07, 6.45) is 1.48. The Labute approximate surface area is 227 Å². The number of para-hydroxylation sites is 1. The number of imide groups is 2. The van der Waals surface area contributed by atoms with Crippen LogP contribution in [0.25, 0.3) is 11.8 Å². The topological polar surface area (TPSA) is 62.6 Å². The SMILES string of the molecule is Cc1ccc(N2C(=O)/C(=C/c3cc(C)n(-c4ccc(Br)cc4F)c3C)C(=O)N(c3ccccc3)C2=O)cc1. The van der Waals surface area contributed by atoms with Gasteiger partial charge in [0.1, 0.15) is 11.4 Å². The van der Waals surface area contributed by atoms with Crippen molar-refractivity contribution in [3.63, 3.8) is 0 Å². The number of halogens is 2. The second-order valence-electron chi connectivity index (χ2n) is 9.05. The fourth-order valence-electron chi connectivity index (χ4n) is 4.58. The van der Waals surface area contributed by atoms with Crippen molar-refractivity contribution < 1.29 is 18.8 Å². The van der Waals surface area contributed by atoms with Gasteiger partial charge in [-0.05, 0) is 80.9 Å². The lowest BCUT2D eigenvalue weighted by Gasteiger charge is -2.34. The lowest BCUT2D eigenvalue weighted by molar-refractivity contribution is -0.121. The first-order valence-electron chi connectivity index (χ1n) is 11.9. The molecular weight excluding hydrogens is 549 g/mol. The molecule has 0 spiro atoms. The molecular formula is C30H23BrFN3O3. The molecule has 1 aromatic heterocycles. The van der Waals surface area contributed by atoms with E-state index in [1.165, 1.54) is 12.1 Å². The average Bonchev–Trinajstić information content (AvgIpc) is 3.16. The molecule has 8 heteroatoms. The third-order valence-electron chi connectivity index (χ3n) is 6.48. The number of benzene rings is 3. The third kappa shape index (κ3) is 4.37. The number of carbonyl (C=O) groups is 3. The molecule has 38 heavy (non-hydrogen) atoms. The fourth-order valence-corrected chi connectivity index (χ4v) is 4.91. The summed E-state index contributed by atoms with van der Waals surface area (Å²) in [5.74, 6) is -1.87. The summed E-state index contributed by atoms with van der Waals surface area (Å²) in [6.45, 7) is 5.51. The van der Waals surface area contributed by atoms with Crippen LogP contribution >= 0.6 is 15.9 Å². The van der Waals surface area contributed by atoms with Gasteiger partial charge in [-0.1, -0.05) is 51.8 Å². The highest BCUT2D eigenvalue weighted by molar-refractivity contribution is 9.10. The van der Waals surface area contributed by atoms with Crippen molar-refractivity contribution in [2.45, 2.75) is 20.8 Å². The van der Waals surface area contributed by atoms with Gasteiger partial charge >= 0.3 is 6.03 Å². The molecule has 5 rings (SSSR count). The van der Waals surface area contributed by atoms with Crippen LogP contribution in [0, 0.1) is 26.6 Å². The van der Waals surface area contributed by atoms with Gasteiger partial charge in [0.25, 0.3) is 11.8 Å². The number of amides is 4. The van der Waals surface area contributed by atoms with E-state index in [1.54, 1.807) is 84.3 Å². The Hall–Kier alpha value is -4.30. The summed E-state index contributed by atoms with van der Waals surface area (Å²) < 4.78 is 17.2. The summed E-state index contributed by atoms with van der Waals surface area (Å²) >= 11 is 3.28. The molecule has 0 aliphatic carbocycles. The highest BCUT2D eigenvalue weighted by Crippen LogP contribution is 2.32. The summed E-state index contributed by atoms with van der Waals surface area (Å²) in [7, 11) is 0. The van der Waals surface area contributed by atoms with Crippen molar-refractivity contribution >= 4 is 51.2 Å². The van der Waals surface area contributed by atoms with Crippen LogP contribution in [-0.4, -0.2) is 22.4 Å². The number of aryl methyl sites for hydroxylation is 2. The van der Waals surface area contributed by atoms with Crippen molar-refractivity contribution in [2.75, 3.05) is 9.80 Å². The summed E-state index contributed by atoms with van der Waals surface area (Å²) in [5.41, 5.74) is 3.76. The molecule has 0 radical (unpaired) electrons. The molecule has 2 heterocycles. The van der Waals surface area contributed by atoms with Gasteiger partial charge in [-0.3, -0.25) is 9.59 Å². The second-order valence-corrected chi connectivity index (χ2v) is 9.97. The number of nitrogens with zero attached hydrogens (tertiary/aromatic N) is 3. The number of barbiturate groups is 1. The van der Waals surface area contributed by atoms with Crippen LogP contribution in [0.1, 0.15) is 22.5 Å². The highest BCUT2D eigenvalue weighted by atomic mass is 79.9. The van der Waals surface area contributed by atoms with E-state index in [4.69, 9.17) is 0 Å². The minimum atomic E-state index is -0.755. The standard InChI is InChI=1S/C30H23BrFN3O3/c1-18-9-12-24(13-10-18)35-29(37)25(28(36)34(30(35)38)23-7-5-4-6-8-23)16-21-15-19(2)33(20(21)3)27-14-11-22(31)17-26(27)32/h4-17H,1-3H3/b25-16+. The zero-order valence-electron chi connectivity index (χ0n) is 20.9. The molecule has 190 valence electrons. The smallest absolute Gasteiger partial charge is 0.315 e. The van der Waals surface area contributed by atoms with Crippen LogP contribution < -0.4 is 9.80 Å². The Balaban J connectivity index is 1.66. The number of carbonyl (C=O) groups excluding carboxylic acids is 3. The molecule has 0 bridgehead atoms. The van der Waals surface area contributed by atoms with Gasteiger partial charge in [0.15, 0.2) is 0 Å². The van der Waals surface area contributed by atoms with Gasteiger partial charge in [0.05, 0.1) is 17.1 Å². The first-order valence-corrected chi connectivity index (χ1v) is 12.7. The summed E-state index contributed by atoms with van der Waals surface area (Å²) in [5, 5.41) is 0. The fraction of sp³-hybridized carbons (Fsp3) is 0.100. The van der Waals surface area contributed by atoms with Crippen molar-refractivity contribution in [1.82, 2.24) is 4.57 Å². The number of rotatable bonds is 4. The summed E-state index contributed by atoms with van der Waals surface area (Å²) in [4.78, 5) is 42.9. The number of hydrogen-bond acceptors (Lipinski definition) is 3. The predicted octanol–water partition coefficient (Wildman–Crippen LogP) is 6.89. The van der Waals surface area contributed by atoms with E-state index in [0.717, 1.165) is 21.1 Å². The van der Waals surface area contributed by atoms with Crippen LogP contribution in [-0.2, 0) is 9.59 Å². The molecule has 0 saturated carbocycles. The minimum Gasteiger partial charge on any atom is -0.315 e. The lowest BCUT2D eigenvalue weighted by Crippen LogP contribution is -2.57. The first kappa shape index (κ1) is 25.4. The maximum absolute atomic E-state index is 14.8. The number of hydrogen-bond donors (Lipinski definition) is 0. The van der Waals surface area contributed by atoms with Crippen molar-refractivity contribution in [3.8, 4) is 5.69 Å². The van der Waals surface area contributed by atoms with Gasteiger partial charge in [-0.15, -0.1) is 0 Å². The van der Waals surface area contributed by atoms with Gasteiger partial charge in [-0.25, -0.2) is 19.0 Å². The Morgan fingerprint density at radius 1 is 0.763 bits per heavy atom.